The zero-order valence-corrected chi connectivity index (χ0v) is 11.5. The summed E-state index contributed by atoms with van der Waals surface area (Å²) < 4.78 is 0. The molecule has 0 aliphatic carbocycles. The van der Waals surface area contributed by atoms with Gasteiger partial charge in [0.15, 0.2) is 0 Å². The van der Waals surface area contributed by atoms with Crippen LogP contribution in [0.3, 0.4) is 0 Å². The largest absolute Gasteiger partial charge is 0.319 e. The van der Waals surface area contributed by atoms with Gasteiger partial charge in [0.2, 0.25) is 5.91 Å². The Morgan fingerprint density at radius 3 is 2.79 bits per heavy atom. The molecule has 104 valence electrons. The molecular formula is C12H16ClN3O3. The fraction of sp³-hybridized carbons (Fsp3) is 0.417. The van der Waals surface area contributed by atoms with E-state index in [-0.39, 0.29) is 29.9 Å². The summed E-state index contributed by atoms with van der Waals surface area (Å²) in [7, 11) is 0. The van der Waals surface area contributed by atoms with Gasteiger partial charge in [0, 0.05) is 17.1 Å². The number of benzene rings is 1. The van der Waals surface area contributed by atoms with Gasteiger partial charge in [-0.25, -0.2) is 0 Å². The number of nitrogens with one attached hydrogen (secondary N) is 2. The Morgan fingerprint density at radius 2 is 2.21 bits per heavy atom. The Morgan fingerprint density at radius 1 is 1.53 bits per heavy atom. The Bertz CT molecular complexity index is 479. The van der Waals surface area contributed by atoms with E-state index in [0.29, 0.717) is 5.02 Å². The molecule has 0 spiro atoms. The van der Waals surface area contributed by atoms with E-state index >= 15 is 0 Å². The maximum absolute atomic E-state index is 11.7. The van der Waals surface area contributed by atoms with Crippen LogP contribution in [0, 0.1) is 10.1 Å². The van der Waals surface area contributed by atoms with Crippen molar-refractivity contribution < 1.29 is 9.72 Å². The van der Waals surface area contributed by atoms with Crippen molar-refractivity contribution >= 4 is 28.9 Å². The Hall–Kier alpha value is -1.66. The van der Waals surface area contributed by atoms with Crippen LogP contribution in [0.5, 0.6) is 0 Å². The summed E-state index contributed by atoms with van der Waals surface area (Å²) in [5.41, 5.74) is -0.0743. The van der Waals surface area contributed by atoms with Crippen molar-refractivity contribution in [2.45, 2.75) is 26.3 Å². The van der Waals surface area contributed by atoms with Crippen LogP contribution in [0.25, 0.3) is 0 Å². The molecule has 2 N–H and O–H groups in total. The van der Waals surface area contributed by atoms with Gasteiger partial charge in [0.1, 0.15) is 5.69 Å². The summed E-state index contributed by atoms with van der Waals surface area (Å²) in [6.07, 6.45) is 0.893. The highest BCUT2D eigenvalue weighted by Gasteiger charge is 2.16. The van der Waals surface area contributed by atoms with Crippen LogP contribution in [0.15, 0.2) is 18.2 Å². The molecule has 0 saturated carbocycles. The predicted molar refractivity (Wildman–Crippen MR) is 74.5 cm³/mol. The van der Waals surface area contributed by atoms with Gasteiger partial charge >= 0.3 is 0 Å². The molecule has 0 bridgehead atoms. The van der Waals surface area contributed by atoms with Crippen molar-refractivity contribution in [3.05, 3.63) is 33.3 Å². The second-order valence-electron chi connectivity index (χ2n) is 4.16. The Kier molecular flexibility index (Phi) is 5.72. The van der Waals surface area contributed by atoms with Gasteiger partial charge in [0.25, 0.3) is 5.69 Å². The molecule has 1 amide bonds. The third-order valence-electron chi connectivity index (χ3n) is 2.65. The van der Waals surface area contributed by atoms with Crippen LogP contribution in [0.2, 0.25) is 5.02 Å². The maximum atomic E-state index is 11.7. The fourth-order valence-corrected chi connectivity index (χ4v) is 1.55. The van der Waals surface area contributed by atoms with Gasteiger partial charge in [-0.2, -0.15) is 0 Å². The lowest BCUT2D eigenvalue weighted by Gasteiger charge is -2.11. The molecule has 0 fully saturated rings. The van der Waals surface area contributed by atoms with Gasteiger partial charge in [0.05, 0.1) is 11.5 Å². The van der Waals surface area contributed by atoms with Gasteiger partial charge in [-0.15, -0.1) is 0 Å². The normalized spacial score (nSPS) is 11.9. The number of nitro benzene ring substituents is 1. The number of nitro groups is 1. The molecule has 0 aliphatic heterocycles. The minimum Gasteiger partial charge on any atom is -0.319 e. The van der Waals surface area contributed by atoms with Crippen molar-refractivity contribution in [3.63, 3.8) is 0 Å². The predicted octanol–water partition coefficient (Wildman–Crippen LogP) is 2.57. The molecule has 6 nitrogen and oxygen atoms in total. The van der Waals surface area contributed by atoms with Gasteiger partial charge in [-0.3, -0.25) is 14.9 Å². The third kappa shape index (κ3) is 4.84. The van der Waals surface area contributed by atoms with Crippen LogP contribution in [-0.2, 0) is 4.79 Å². The van der Waals surface area contributed by atoms with E-state index in [0.717, 1.165) is 6.42 Å². The quantitative estimate of drug-likeness (QED) is 0.621. The average Bonchev–Trinajstić information content (AvgIpc) is 2.35. The highest BCUT2D eigenvalue weighted by molar-refractivity contribution is 6.31. The SMILES string of the molecule is CCC(C)NCC(=O)Nc1cc(Cl)ccc1[N+](=O)[O-]. The number of rotatable bonds is 6. The first-order valence-corrected chi connectivity index (χ1v) is 6.29. The lowest BCUT2D eigenvalue weighted by atomic mass is 10.2. The second kappa shape index (κ2) is 7.06. The number of hydrogen-bond donors (Lipinski definition) is 2. The van der Waals surface area contributed by atoms with Crippen LogP contribution >= 0.6 is 11.6 Å². The van der Waals surface area contributed by atoms with Crippen LogP contribution < -0.4 is 10.6 Å². The average molecular weight is 286 g/mol. The molecule has 1 unspecified atom stereocenters. The lowest BCUT2D eigenvalue weighted by Crippen LogP contribution is -2.34. The third-order valence-corrected chi connectivity index (χ3v) is 2.89. The summed E-state index contributed by atoms with van der Waals surface area (Å²) >= 11 is 5.77. The first kappa shape index (κ1) is 15.4. The lowest BCUT2D eigenvalue weighted by molar-refractivity contribution is -0.383. The number of hydrogen-bond acceptors (Lipinski definition) is 4. The zero-order chi connectivity index (χ0) is 14.4. The summed E-state index contributed by atoms with van der Waals surface area (Å²) in [5, 5.41) is 16.6. The van der Waals surface area contributed by atoms with Crippen LogP contribution in [0.1, 0.15) is 20.3 Å². The summed E-state index contributed by atoms with van der Waals surface area (Å²) in [6.45, 7) is 4.05. The van der Waals surface area contributed by atoms with E-state index in [1.807, 2.05) is 13.8 Å². The number of nitrogens with zero attached hydrogens (tertiary/aromatic N) is 1. The first-order chi connectivity index (χ1) is 8.93. The van der Waals surface area contributed by atoms with Crippen LogP contribution in [0.4, 0.5) is 11.4 Å². The minimum atomic E-state index is -0.561. The topological polar surface area (TPSA) is 84.3 Å². The molecule has 19 heavy (non-hydrogen) atoms. The standard InChI is InChI=1S/C12H16ClN3O3/c1-3-8(2)14-7-12(17)15-10-6-9(13)4-5-11(10)16(18)19/h4-6,8,14H,3,7H2,1-2H3,(H,15,17). The molecular weight excluding hydrogens is 270 g/mol. The summed E-state index contributed by atoms with van der Waals surface area (Å²) in [5.74, 6) is -0.342. The maximum Gasteiger partial charge on any atom is 0.292 e. The molecule has 1 rings (SSSR count). The smallest absolute Gasteiger partial charge is 0.292 e. The van der Waals surface area contributed by atoms with Crippen molar-refractivity contribution in [1.29, 1.82) is 0 Å². The van der Waals surface area contributed by atoms with Gasteiger partial charge in [-0.1, -0.05) is 18.5 Å². The number of amides is 1. The highest BCUT2D eigenvalue weighted by Crippen LogP contribution is 2.27. The molecule has 0 radical (unpaired) electrons. The second-order valence-corrected chi connectivity index (χ2v) is 4.59. The minimum absolute atomic E-state index is 0.0959. The monoisotopic (exact) mass is 285 g/mol. The number of carbonyl (C=O) groups excluding carboxylic acids is 1. The molecule has 1 aromatic rings. The van der Waals surface area contributed by atoms with E-state index in [4.69, 9.17) is 11.6 Å². The van der Waals surface area contributed by atoms with E-state index < -0.39 is 4.92 Å². The molecule has 1 aromatic carbocycles. The highest BCUT2D eigenvalue weighted by atomic mass is 35.5. The molecule has 0 aliphatic rings. The molecule has 0 heterocycles. The summed E-state index contributed by atoms with van der Waals surface area (Å²) in [6, 6.07) is 4.24. The van der Waals surface area contributed by atoms with E-state index in [1.54, 1.807) is 0 Å². The molecule has 0 saturated heterocycles. The number of halogens is 1. The van der Waals surface area contributed by atoms with Crippen molar-refractivity contribution in [3.8, 4) is 0 Å². The fourth-order valence-electron chi connectivity index (χ4n) is 1.37. The van der Waals surface area contributed by atoms with Gasteiger partial charge in [-0.05, 0) is 25.5 Å². The Balaban J connectivity index is 2.73. The number of anilines is 1. The molecule has 0 aromatic heterocycles. The molecule has 7 heteroatoms. The van der Waals surface area contributed by atoms with Crippen molar-refractivity contribution in [1.82, 2.24) is 5.32 Å². The van der Waals surface area contributed by atoms with E-state index in [1.165, 1.54) is 18.2 Å². The zero-order valence-electron chi connectivity index (χ0n) is 10.8. The van der Waals surface area contributed by atoms with E-state index in [9.17, 15) is 14.9 Å². The van der Waals surface area contributed by atoms with Gasteiger partial charge < -0.3 is 10.6 Å². The Labute approximate surface area is 116 Å². The molecule has 1 atom stereocenters. The van der Waals surface area contributed by atoms with Crippen molar-refractivity contribution in [2.75, 3.05) is 11.9 Å². The number of carbonyl (C=O) groups is 1. The van der Waals surface area contributed by atoms with Crippen LogP contribution in [-0.4, -0.2) is 23.4 Å². The summed E-state index contributed by atoms with van der Waals surface area (Å²) in [4.78, 5) is 21.9. The first-order valence-electron chi connectivity index (χ1n) is 5.91. The van der Waals surface area contributed by atoms with Crippen molar-refractivity contribution in [2.24, 2.45) is 0 Å². The van der Waals surface area contributed by atoms with E-state index in [2.05, 4.69) is 10.6 Å².